The Hall–Kier alpha value is -0.260. The van der Waals surface area contributed by atoms with Crippen LogP contribution in [0.4, 0.5) is 0 Å². The zero-order valence-corrected chi connectivity index (χ0v) is 17.3. The molecule has 0 nitrogen and oxygen atoms in total. The summed E-state index contributed by atoms with van der Waals surface area (Å²) in [6.07, 6.45) is 6.73. The Bertz CT molecular complexity index is 429. The Labute approximate surface area is 146 Å². The molecule has 0 radical (unpaired) electrons. The third-order valence-corrected chi connectivity index (χ3v) is 8.54. The van der Waals surface area contributed by atoms with Gasteiger partial charge in [0.1, 0.15) is 0 Å². The molecule has 0 spiro atoms. The Balaban J connectivity index is 2.33. The molecule has 0 aromatic heterocycles. The Morgan fingerprint density at radius 2 is 1.57 bits per heavy atom. The summed E-state index contributed by atoms with van der Waals surface area (Å²) in [7, 11) is 0. The van der Waals surface area contributed by atoms with Crippen molar-refractivity contribution < 1.29 is 0 Å². The normalized spacial score (nSPS) is 46.7. The van der Waals surface area contributed by atoms with Crippen molar-refractivity contribution in [3.8, 4) is 0 Å². The quantitative estimate of drug-likeness (QED) is 0.480. The highest BCUT2D eigenvalue weighted by Crippen LogP contribution is 2.59. The Morgan fingerprint density at radius 1 is 0.957 bits per heavy atom. The molecule has 1 fully saturated rings. The standard InChI is InChI=1S/C23H42/c1-10-12-21-15(4)16(5)22(18(7)23(21,8)9)20-13-14(3)19(11-2)17(20)6/h13,15-22H,10-12H2,1-9H3. The number of hydrogen-bond donors (Lipinski definition) is 0. The van der Waals surface area contributed by atoms with Crippen LogP contribution >= 0.6 is 0 Å². The highest BCUT2D eigenvalue weighted by Gasteiger charge is 2.52. The lowest BCUT2D eigenvalue weighted by atomic mass is 9.48. The zero-order valence-electron chi connectivity index (χ0n) is 17.3. The lowest BCUT2D eigenvalue weighted by Crippen LogP contribution is -2.51. The van der Waals surface area contributed by atoms with Crippen LogP contribution < -0.4 is 0 Å². The summed E-state index contributed by atoms with van der Waals surface area (Å²) in [4.78, 5) is 0. The van der Waals surface area contributed by atoms with Gasteiger partial charge in [-0.1, -0.05) is 73.5 Å². The van der Waals surface area contributed by atoms with Crippen molar-refractivity contribution in [3.05, 3.63) is 11.6 Å². The van der Waals surface area contributed by atoms with Gasteiger partial charge >= 0.3 is 0 Å². The van der Waals surface area contributed by atoms with Crippen molar-refractivity contribution in [1.29, 1.82) is 0 Å². The minimum atomic E-state index is 0.471. The lowest BCUT2D eigenvalue weighted by Gasteiger charge is -2.57. The first-order valence-electron chi connectivity index (χ1n) is 10.4. The summed E-state index contributed by atoms with van der Waals surface area (Å²) in [6.45, 7) is 22.5. The summed E-state index contributed by atoms with van der Waals surface area (Å²) in [6, 6.07) is 0. The van der Waals surface area contributed by atoms with E-state index >= 15 is 0 Å². The van der Waals surface area contributed by atoms with Crippen LogP contribution in [0.1, 0.15) is 81.6 Å². The summed E-state index contributed by atoms with van der Waals surface area (Å²) >= 11 is 0. The van der Waals surface area contributed by atoms with Crippen LogP contribution in [0.2, 0.25) is 0 Å². The molecule has 0 N–H and O–H groups in total. The molecule has 0 saturated heterocycles. The molecule has 2 aliphatic rings. The van der Waals surface area contributed by atoms with Gasteiger partial charge < -0.3 is 0 Å². The maximum absolute atomic E-state index is 2.68. The zero-order chi connectivity index (χ0) is 17.5. The summed E-state index contributed by atoms with van der Waals surface area (Å²) in [5.74, 6) is 6.72. The summed E-state index contributed by atoms with van der Waals surface area (Å²) in [5, 5.41) is 0. The van der Waals surface area contributed by atoms with Crippen molar-refractivity contribution in [2.24, 2.45) is 52.8 Å². The molecule has 1 saturated carbocycles. The molecule has 0 aliphatic heterocycles. The molecule has 8 atom stereocenters. The van der Waals surface area contributed by atoms with E-state index in [1.807, 2.05) is 0 Å². The topological polar surface area (TPSA) is 0 Å². The molecule has 0 aromatic rings. The van der Waals surface area contributed by atoms with E-state index in [4.69, 9.17) is 0 Å². The minimum absolute atomic E-state index is 0.471. The fraction of sp³-hybridized carbons (Fsp3) is 0.913. The van der Waals surface area contributed by atoms with E-state index in [0.29, 0.717) is 5.41 Å². The average Bonchev–Trinajstić information content (AvgIpc) is 2.77. The maximum atomic E-state index is 2.68. The van der Waals surface area contributed by atoms with Crippen molar-refractivity contribution in [1.82, 2.24) is 0 Å². The van der Waals surface area contributed by atoms with Gasteiger partial charge in [0.05, 0.1) is 0 Å². The summed E-state index contributed by atoms with van der Waals surface area (Å²) < 4.78 is 0. The predicted octanol–water partition coefficient (Wildman–Crippen LogP) is 7.21. The fourth-order valence-corrected chi connectivity index (χ4v) is 6.73. The van der Waals surface area contributed by atoms with E-state index in [9.17, 15) is 0 Å². The van der Waals surface area contributed by atoms with Crippen LogP contribution in [-0.2, 0) is 0 Å². The third-order valence-electron chi connectivity index (χ3n) is 8.54. The van der Waals surface area contributed by atoms with Gasteiger partial charge in [-0.2, -0.15) is 0 Å². The van der Waals surface area contributed by atoms with Crippen LogP contribution in [0, 0.1) is 52.8 Å². The fourth-order valence-electron chi connectivity index (χ4n) is 6.73. The SMILES string of the molecule is CCCC1C(C)C(C)C(C2C=C(C)C(CC)C2C)C(C)C1(C)C. The molecular formula is C23H42. The Morgan fingerprint density at radius 3 is 2.04 bits per heavy atom. The van der Waals surface area contributed by atoms with Gasteiger partial charge in [-0.25, -0.2) is 0 Å². The second kappa shape index (κ2) is 6.93. The monoisotopic (exact) mass is 318 g/mol. The predicted molar refractivity (Wildman–Crippen MR) is 103 cm³/mol. The second-order valence-corrected chi connectivity index (χ2v) is 9.66. The van der Waals surface area contributed by atoms with Crippen LogP contribution in [0.25, 0.3) is 0 Å². The highest BCUT2D eigenvalue weighted by atomic mass is 14.6. The average molecular weight is 319 g/mol. The van der Waals surface area contributed by atoms with Crippen LogP contribution in [0.3, 0.4) is 0 Å². The molecular weight excluding hydrogens is 276 g/mol. The van der Waals surface area contributed by atoms with Crippen LogP contribution in [-0.4, -0.2) is 0 Å². The number of hydrogen-bond acceptors (Lipinski definition) is 0. The molecule has 0 heterocycles. The van der Waals surface area contributed by atoms with E-state index in [2.05, 4.69) is 68.4 Å². The highest BCUT2D eigenvalue weighted by molar-refractivity contribution is 5.18. The maximum Gasteiger partial charge on any atom is -0.0166 e. The van der Waals surface area contributed by atoms with Crippen molar-refractivity contribution in [3.63, 3.8) is 0 Å². The van der Waals surface area contributed by atoms with E-state index in [1.54, 1.807) is 5.57 Å². The van der Waals surface area contributed by atoms with Crippen molar-refractivity contribution in [2.75, 3.05) is 0 Å². The lowest BCUT2D eigenvalue weighted by molar-refractivity contribution is -0.0801. The molecule has 134 valence electrons. The molecule has 2 rings (SSSR count). The molecule has 2 aliphatic carbocycles. The summed E-state index contributed by atoms with van der Waals surface area (Å²) in [5.41, 5.74) is 2.14. The van der Waals surface area contributed by atoms with Gasteiger partial charge in [0, 0.05) is 0 Å². The van der Waals surface area contributed by atoms with E-state index < -0.39 is 0 Å². The van der Waals surface area contributed by atoms with Crippen molar-refractivity contribution in [2.45, 2.75) is 81.6 Å². The van der Waals surface area contributed by atoms with E-state index in [1.165, 1.54) is 19.3 Å². The van der Waals surface area contributed by atoms with Gasteiger partial charge in [0.25, 0.3) is 0 Å². The largest absolute Gasteiger partial charge is 0.0816 e. The van der Waals surface area contributed by atoms with E-state index in [0.717, 1.165) is 47.3 Å². The van der Waals surface area contributed by atoms with E-state index in [-0.39, 0.29) is 0 Å². The molecule has 0 heteroatoms. The number of allylic oxidation sites excluding steroid dienone is 2. The molecule has 8 unspecified atom stereocenters. The first kappa shape index (κ1) is 19.1. The number of rotatable bonds is 4. The Kier molecular flexibility index (Phi) is 5.74. The smallest absolute Gasteiger partial charge is 0.0166 e. The second-order valence-electron chi connectivity index (χ2n) is 9.66. The van der Waals surface area contributed by atoms with Crippen LogP contribution in [0.15, 0.2) is 11.6 Å². The van der Waals surface area contributed by atoms with Crippen molar-refractivity contribution >= 4 is 0 Å². The third kappa shape index (κ3) is 3.05. The van der Waals surface area contributed by atoms with Gasteiger partial charge in [0.2, 0.25) is 0 Å². The van der Waals surface area contributed by atoms with Crippen LogP contribution in [0.5, 0.6) is 0 Å². The first-order valence-corrected chi connectivity index (χ1v) is 10.4. The molecule has 23 heavy (non-hydrogen) atoms. The first-order chi connectivity index (χ1) is 10.7. The molecule has 0 aromatic carbocycles. The van der Waals surface area contributed by atoms with Gasteiger partial charge in [0.15, 0.2) is 0 Å². The minimum Gasteiger partial charge on any atom is -0.0816 e. The van der Waals surface area contributed by atoms with Gasteiger partial charge in [-0.3, -0.25) is 0 Å². The van der Waals surface area contributed by atoms with Gasteiger partial charge in [-0.15, -0.1) is 0 Å². The van der Waals surface area contributed by atoms with Gasteiger partial charge in [-0.05, 0) is 72.5 Å². The molecule has 0 bridgehead atoms. The molecule has 0 amide bonds.